The van der Waals surface area contributed by atoms with Crippen LogP contribution in [0.5, 0.6) is 0 Å². The summed E-state index contributed by atoms with van der Waals surface area (Å²) >= 11 is 0. The van der Waals surface area contributed by atoms with Gasteiger partial charge in [0, 0.05) is 25.4 Å². The molecule has 7 heteroatoms. The van der Waals surface area contributed by atoms with Crippen LogP contribution >= 0.6 is 24.0 Å². The van der Waals surface area contributed by atoms with Gasteiger partial charge in [0.2, 0.25) is 5.89 Å². The Kier molecular flexibility index (Phi) is 7.41. The summed E-state index contributed by atoms with van der Waals surface area (Å²) in [6.07, 6.45) is 3.12. The molecule has 0 radical (unpaired) electrons. The van der Waals surface area contributed by atoms with Gasteiger partial charge in [-0.1, -0.05) is 25.9 Å². The third-order valence-electron chi connectivity index (χ3n) is 3.58. The smallest absolute Gasteiger partial charge is 0.228 e. The molecule has 1 aromatic rings. The monoisotopic (exact) mass is 407 g/mol. The first-order valence-electron chi connectivity index (χ1n) is 7.43. The lowest BCUT2D eigenvalue weighted by atomic mass is 10.0. The van der Waals surface area contributed by atoms with Crippen molar-refractivity contribution in [2.24, 2.45) is 16.6 Å². The molecule has 0 saturated carbocycles. The molecule has 1 fully saturated rings. The molecular weight excluding hydrogens is 381 g/mol. The van der Waals surface area contributed by atoms with Crippen molar-refractivity contribution in [3.63, 3.8) is 0 Å². The molecule has 0 bridgehead atoms. The molecule has 1 atom stereocenters. The van der Waals surface area contributed by atoms with Gasteiger partial charge in [0.25, 0.3) is 0 Å². The van der Waals surface area contributed by atoms with Crippen LogP contribution in [0.15, 0.2) is 9.52 Å². The fraction of sp³-hybridized carbons (Fsp3) is 0.786. The summed E-state index contributed by atoms with van der Waals surface area (Å²) < 4.78 is 5.19. The van der Waals surface area contributed by atoms with E-state index in [-0.39, 0.29) is 29.9 Å². The van der Waals surface area contributed by atoms with E-state index in [9.17, 15) is 0 Å². The molecule has 120 valence electrons. The number of halogens is 1. The number of nitrogens with two attached hydrogens (primary N) is 1. The average Bonchev–Trinajstić information content (AvgIpc) is 2.87. The van der Waals surface area contributed by atoms with E-state index in [4.69, 9.17) is 10.3 Å². The minimum absolute atomic E-state index is 0. The van der Waals surface area contributed by atoms with Crippen molar-refractivity contribution >= 4 is 29.9 Å². The molecule has 2 N–H and O–H groups in total. The fourth-order valence-electron chi connectivity index (χ4n) is 2.37. The second-order valence-corrected chi connectivity index (χ2v) is 5.88. The maximum atomic E-state index is 6.04. The van der Waals surface area contributed by atoms with Crippen LogP contribution in [0.4, 0.5) is 0 Å². The Morgan fingerprint density at radius 1 is 1.52 bits per heavy atom. The van der Waals surface area contributed by atoms with E-state index >= 15 is 0 Å². The third-order valence-corrected chi connectivity index (χ3v) is 3.58. The van der Waals surface area contributed by atoms with E-state index in [1.165, 1.54) is 12.8 Å². The molecule has 1 aromatic heterocycles. The number of aromatic nitrogens is 2. The maximum Gasteiger partial charge on any atom is 0.228 e. The molecule has 2 heterocycles. The number of hydrogen-bond acceptors (Lipinski definition) is 4. The number of likely N-dealkylation sites (tertiary alicyclic amines) is 1. The summed E-state index contributed by atoms with van der Waals surface area (Å²) in [4.78, 5) is 10.9. The van der Waals surface area contributed by atoms with Gasteiger partial charge in [-0.05, 0) is 18.8 Å². The van der Waals surface area contributed by atoms with Crippen molar-refractivity contribution in [1.82, 2.24) is 15.0 Å². The Hall–Kier alpha value is -0.860. The summed E-state index contributed by atoms with van der Waals surface area (Å²) in [5.41, 5.74) is 6.04. The number of aliphatic imine (C=N–C) groups is 1. The molecule has 1 aliphatic heterocycles. The molecule has 2 rings (SSSR count). The molecule has 1 unspecified atom stereocenters. The van der Waals surface area contributed by atoms with Crippen LogP contribution in [0.3, 0.4) is 0 Å². The zero-order chi connectivity index (χ0) is 14.5. The molecule has 1 aliphatic rings. The second kappa shape index (κ2) is 8.55. The quantitative estimate of drug-likeness (QED) is 0.471. The predicted octanol–water partition coefficient (Wildman–Crippen LogP) is 2.40. The van der Waals surface area contributed by atoms with Crippen LogP contribution in [0.2, 0.25) is 0 Å². The molecule has 0 amide bonds. The van der Waals surface area contributed by atoms with Crippen LogP contribution in [0.25, 0.3) is 0 Å². The van der Waals surface area contributed by atoms with Gasteiger partial charge < -0.3 is 15.2 Å². The Labute approximate surface area is 143 Å². The topological polar surface area (TPSA) is 80.5 Å². The largest absolute Gasteiger partial charge is 0.370 e. The van der Waals surface area contributed by atoms with Gasteiger partial charge in [-0.3, -0.25) is 4.99 Å². The first kappa shape index (κ1) is 18.2. The van der Waals surface area contributed by atoms with Gasteiger partial charge >= 0.3 is 0 Å². The summed E-state index contributed by atoms with van der Waals surface area (Å²) in [5, 5.41) is 3.94. The van der Waals surface area contributed by atoms with Crippen LogP contribution in [-0.4, -0.2) is 40.6 Å². The Morgan fingerprint density at radius 2 is 2.29 bits per heavy atom. The van der Waals surface area contributed by atoms with Crippen molar-refractivity contribution in [3.8, 4) is 0 Å². The van der Waals surface area contributed by atoms with E-state index < -0.39 is 0 Å². The van der Waals surface area contributed by atoms with E-state index in [1.807, 2.05) is 13.8 Å². The lowest BCUT2D eigenvalue weighted by Crippen LogP contribution is -2.43. The zero-order valence-electron chi connectivity index (χ0n) is 13.1. The van der Waals surface area contributed by atoms with Crippen LogP contribution in [0.1, 0.15) is 51.2 Å². The highest BCUT2D eigenvalue weighted by Gasteiger charge is 2.17. The van der Waals surface area contributed by atoms with E-state index in [0.29, 0.717) is 30.7 Å². The van der Waals surface area contributed by atoms with Crippen molar-refractivity contribution < 1.29 is 4.52 Å². The highest BCUT2D eigenvalue weighted by molar-refractivity contribution is 14.0. The van der Waals surface area contributed by atoms with Crippen LogP contribution in [0, 0.1) is 5.92 Å². The minimum atomic E-state index is 0. The van der Waals surface area contributed by atoms with E-state index in [0.717, 1.165) is 18.9 Å². The number of nitrogens with zero attached hydrogens (tertiary/aromatic N) is 4. The molecular formula is C14H26IN5O. The normalized spacial score (nSPS) is 19.7. The first-order chi connectivity index (χ1) is 9.56. The van der Waals surface area contributed by atoms with Crippen LogP contribution in [-0.2, 0) is 6.42 Å². The summed E-state index contributed by atoms with van der Waals surface area (Å²) in [5.74, 6) is 3.01. The lowest BCUT2D eigenvalue weighted by Gasteiger charge is -2.31. The Bertz CT molecular complexity index is 460. The lowest BCUT2D eigenvalue weighted by molar-refractivity contribution is 0.270. The zero-order valence-corrected chi connectivity index (χ0v) is 15.4. The SMILES string of the molecule is CC1CCCN(C(N)=NCCc2nc(C(C)C)no2)C1.I. The molecule has 0 aliphatic carbocycles. The Balaban J connectivity index is 0.00000220. The molecule has 0 aromatic carbocycles. The van der Waals surface area contributed by atoms with E-state index in [2.05, 4.69) is 27.0 Å². The minimum Gasteiger partial charge on any atom is -0.370 e. The van der Waals surface area contributed by atoms with Gasteiger partial charge in [-0.2, -0.15) is 4.98 Å². The fourth-order valence-corrected chi connectivity index (χ4v) is 2.37. The second-order valence-electron chi connectivity index (χ2n) is 5.88. The standard InChI is InChI=1S/C14H25N5O.HI/c1-10(2)13-17-12(20-18-13)6-7-16-14(15)19-8-4-5-11(3)9-19;/h10-11H,4-9H2,1-3H3,(H2,15,16);1H. The van der Waals surface area contributed by atoms with Gasteiger partial charge in [0.15, 0.2) is 11.8 Å². The molecule has 0 spiro atoms. The highest BCUT2D eigenvalue weighted by Crippen LogP contribution is 2.15. The summed E-state index contributed by atoms with van der Waals surface area (Å²) in [6, 6.07) is 0. The van der Waals surface area contributed by atoms with E-state index in [1.54, 1.807) is 0 Å². The van der Waals surface area contributed by atoms with Crippen molar-refractivity contribution in [3.05, 3.63) is 11.7 Å². The van der Waals surface area contributed by atoms with Crippen molar-refractivity contribution in [2.45, 2.75) is 46.0 Å². The van der Waals surface area contributed by atoms with Crippen LogP contribution < -0.4 is 5.73 Å². The van der Waals surface area contributed by atoms with Gasteiger partial charge in [-0.15, -0.1) is 24.0 Å². The summed E-state index contributed by atoms with van der Waals surface area (Å²) in [7, 11) is 0. The number of hydrogen-bond donors (Lipinski definition) is 1. The average molecular weight is 407 g/mol. The van der Waals surface area contributed by atoms with Crippen molar-refractivity contribution in [1.29, 1.82) is 0 Å². The molecule has 1 saturated heterocycles. The molecule has 6 nitrogen and oxygen atoms in total. The first-order valence-corrected chi connectivity index (χ1v) is 7.43. The number of guanidine groups is 1. The predicted molar refractivity (Wildman–Crippen MR) is 94.0 cm³/mol. The van der Waals surface area contributed by atoms with Gasteiger partial charge in [-0.25, -0.2) is 0 Å². The van der Waals surface area contributed by atoms with Gasteiger partial charge in [0.1, 0.15) is 0 Å². The number of rotatable bonds is 4. The van der Waals surface area contributed by atoms with Crippen molar-refractivity contribution in [2.75, 3.05) is 19.6 Å². The van der Waals surface area contributed by atoms with Gasteiger partial charge in [0.05, 0.1) is 6.54 Å². The molecule has 21 heavy (non-hydrogen) atoms. The highest BCUT2D eigenvalue weighted by atomic mass is 127. The summed E-state index contributed by atoms with van der Waals surface area (Å²) in [6.45, 7) is 8.96. The third kappa shape index (κ3) is 5.44. The number of piperidine rings is 1. The Morgan fingerprint density at radius 3 is 2.90 bits per heavy atom. The maximum absolute atomic E-state index is 6.04.